The molecule has 0 fully saturated rings. The zero-order chi connectivity index (χ0) is 24.6. The van der Waals surface area contributed by atoms with Crippen LogP contribution in [-0.2, 0) is 16.0 Å². The van der Waals surface area contributed by atoms with Crippen LogP contribution in [0.25, 0.3) is 0 Å². The van der Waals surface area contributed by atoms with E-state index in [1.54, 1.807) is 29.3 Å². The van der Waals surface area contributed by atoms with E-state index in [1.807, 2.05) is 50.5 Å². The Morgan fingerprint density at radius 2 is 1.97 bits per heavy atom. The number of anilines is 4. The van der Waals surface area contributed by atoms with E-state index in [9.17, 15) is 9.59 Å². The van der Waals surface area contributed by atoms with Crippen molar-refractivity contribution >= 4 is 41.2 Å². The second-order valence-corrected chi connectivity index (χ2v) is 7.78. The van der Waals surface area contributed by atoms with Gasteiger partial charge >= 0.3 is 12.1 Å². The molecule has 0 bridgehead atoms. The van der Waals surface area contributed by atoms with Gasteiger partial charge in [0.05, 0.1) is 12.6 Å². The largest absolute Gasteiger partial charge is 0.460 e. The SMILES string of the molecule is CN(C)c1cc(NN=Cc2ccc3c(c2)CC(=O)N3)nc(OCCOC(=O)Nc2ccccc2)n1. The number of aromatic nitrogens is 2. The van der Waals surface area contributed by atoms with E-state index in [0.29, 0.717) is 23.7 Å². The van der Waals surface area contributed by atoms with Crippen LogP contribution in [0.2, 0.25) is 0 Å². The Morgan fingerprint density at radius 1 is 1.14 bits per heavy atom. The molecule has 4 rings (SSSR count). The predicted octanol–water partition coefficient (Wildman–Crippen LogP) is 3.11. The normalized spacial score (nSPS) is 12.1. The molecule has 3 N–H and O–H groups in total. The highest BCUT2D eigenvalue weighted by Crippen LogP contribution is 2.23. The van der Waals surface area contributed by atoms with Crippen molar-refractivity contribution in [1.29, 1.82) is 0 Å². The molecule has 0 radical (unpaired) electrons. The second kappa shape index (κ2) is 11.0. The van der Waals surface area contributed by atoms with Crippen LogP contribution < -0.4 is 25.7 Å². The smallest absolute Gasteiger partial charge is 0.411 e. The molecule has 0 spiro atoms. The van der Waals surface area contributed by atoms with Crippen molar-refractivity contribution in [3.8, 4) is 6.01 Å². The molecule has 0 saturated heterocycles. The summed E-state index contributed by atoms with van der Waals surface area (Å²) in [4.78, 5) is 33.8. The average molecular weight is 476 g/mol. The van der Waals surface area contributed by atoms with Crippen LogP contribution in [0, 0.1) is 0 Å². The van der Waals surface area contributed by atoms with Crippen LogP contribution >= 0.6 is 0 Å². The Morgan fingerprint density at radius 3 is 2.77 bits per heavy atom. The summed E-state index contributed by atoms with van der Waals surface area (Å²) in [6.45, 7) is 0.0918. The van der Waals surface area contributed by atoms with Crippen molar-refractivity contribution in [1.82, 2.24) is 9.97 Å². The third-order valence-electron chi connectivity index (χ3n) is 4.87. The number of rotatable bonds is 9. The molecular weight excluding hydrogens is 450 g/mol. The number of nitrogens with zero attached hydrogens (tertiary/aromatic N) is 4. The summed E-state index contributed by atoms with van der Waals surface area (Å²) in [7, 11) is 3.69. The number of hydrogen-bond acceptors (Lipinski definition) is 9. The van der Waals surface area contributed by atoms with Gasteiger partial charge in [0, 0.05) is 31.5 Å². The van der Waals surface area contributed by atoms with E-state index >= 15 is 0 Å². The van der Waals surface area contributed by atoms with Gasteiger partial charge in [0.25, 0.3) is 0 Å². The standard InChI is InChI=1S/C24H25N7O4/c1-31(2)21-14-20(30-25-15-16-8-9-19-17(12-16)13-22(32)27-19)28-23(29-21)34-10-11-35-24(33)26-18-6-4-3-5-7-18/h3-9,12,14-15H,10-11,13H2,1-2H3,(H,26,33)(H,27,32)(H,28,29,30). The number of hydrazone groups is 1. The molecule has 0 saturated carbocycles. The lowest BCUT2D eigenvalue weighted by Gasteiger charge is -2.14. The number of para-hydroxylation sites is 1. The van der Waals surface area contributed by atoms with Crippen LogP contribution in [0.5, 0.6) is 6.01 Å². The number of nitrogens with one attached hydrogen (secondary N) is 3. The predicted molar refractivity (Wildman–Crippen MR) is 133 cm³/mol. The first-order valence-corrected chi connectivity index (χ1v) is 10.9. The number of hydrogen-bond donors (Lipinski definition) is 3. The molecular formula is C24H25N7O4. The van der Waals surface area contributed by atoms with E-state index in [2.05, 4.69) is 31.1 Å². The number of benzene rings is 2. The number of carbonyl (C=O) groups is 2. The number of fused-ring (bicyclic) bond motifs is 1. The van der Waals surface area contributed by atoms with Crippen molar-refractivity contribution in [3.05, 3.63) is 65.7 Å². The molecule has 3 aromatic rings. The Bertz CT molecular complexity index is 1230. The molecule has 35 heavy (non-hydrogen) atoms. The summed E-state index contributed by atoms with van der Waals surface area (Å²) in [6, 6.07) is 16.5. The van der Waals surface area contributed by atoms with Crippen molar-refractivity contribution < 1.29 is 19.1 Å². The summed E-state index contributed by atoms with van der Waals surface area (Å²) >= 11 is 0. The molecule has 1 aliphatic heterocycles. The van der Waals surface area contributed by atoms with Crippen LogP contribution in [0.15, 0.2) is 59.7 Å². The fraction of sp³-hybridized carbons (Fsp3) is 0.208. The van der Waals surface area contributed by atoms with Gasteiger partial charge in [0.1, 0.15) is 19.0 Å². The molecule has 1 aliphatic rings. The average Bonchev–Trinajstić information content (AvgIpc) is 3.21. The molecule has 1 aromatic heterocycles. The molecule has 180 valence electrons. The molecule has 11 nitrogen and oxygen atoms in total. The summed E-state index contributed by atoms with van der Waals surface area (Å²) in [5.74, 6) is 1.02. The zero-order valence-electron chi connectivity index (χ0n) is 19.3. The Kier molecular flexibility index (Phi) is 7.36. The molecule has 2 amide bonds. The quantitative estimate of drug-likeness (QED) is 0.245. The minimum Gasteiger partial charge on any atom is -0.460 e. The van der Waals surface area contributed by atoms with E-state index < -0.39 is 6.09 Å². The summed E-state index contributed by atoms with van der Waals surface area (Å²) < 4.78 is 10.7. The molecule has 0 aliphatic carbocycles. The van der Waals surface area contributed by atoms with Gasteiger partial charge in [-0.05, 0) is 35.4 Å². The fourth-order valence-corrected chi connectivity index (χ4v) is 3.21. The highest BCUT2D eigenvalue weighted by Gasteiger charge is 2.17. The van der Waals surface area contributed by atoms with Crippen molar-refractivity contribution in [2.75, 3.05) is 48.3 Å². The Labute approximate surface area is 202 Å². The number of ether oxygens (including phenoxy) is 2. The monoisotopic (exact) mass is 475 g/mol. The van der Waals surface area contributed by atoms with E-state index in [1.165, 1.54) is 0 Å². The lowest BCUT2D eigenvalue weighted by Crippen LogP contribution is -2.18. The molecule has 11 heteroatoms. The van der Waals surface area contributed by atoms with Crippen molar-refractivity contribution in [2.45, 2.75) is 6.42 Å². The third-order valence-corrected chi connectivity index (χ3v) is 4.87. The van der Waals surface area contributed by atoms with Crippen LogP contribution in [0.1, 0.15) is 11.1 Å². The number of carbonyl (C=O) groups excluding carboxylic acids is 2. The van der Waals surface area contributed by atoms with Gasteiger partial charge in [-0.25, -0.2) is 4.79 Å². The van der Waals surface area contributed by atoms with Gasteiger partial charge in [0.2, 0.25) is 5.91 Å². The first kappa shape index (κ1) is 23.5. The fourth-order valence-electron chi connectivity index (χ4n) is 3.21. The summed E-state index contributed by atoms with van der Waals surface area (Å²) in [5, 5.41) is 9.66. The second-order valence-electron chi connectivity index (χ2n) is 7.78. The van der Waals surface area contributed by atoms with Crippen molar-refractivity contribution in [3.63, 3.8) is 0 Å². The van der Waals surface area contributed by atoms with Crippen LogP contribution in [-0.4, -0.2) is 55.5 Å². The molecule has 2 heterocycles. The van der Waals surface area contributed by atoms with E-state index in [0.717, 1.165) is 16.8 Å². The highest BCUT2D eigenvalue weighted by molar-refractivity contribution is 6.00. The Balaban J connectivity index is 1.31. The van der Waals surface area contributed by atoms with Gasteiger partial charge in [-0.3, -0.25) is 15.5 Å². The van der Waals surface area contributed by atoms with E-state index in [4.69, 9.17) is 9.47 Å². The molecule has 2 aromatic carbocycles. The topological polar surface area (TPSA) is 130 Å². The van der Waals surface area contributed by atoms with Gasteiger partial charge in [-0.2, -0.15) is 15.1 Å². The maximum atomic E-state index is 11.9. The minimum absolute atomic E-state index is 0.0147. The number of amides is 2. The van der Waals surface area contributed by atoms with E-state index in [-0.39, 0.29) is 25.1 Å². The van der Waals surface area contributed by atoms with Gasteiger partial charge in [-0.1, -0.05) is 24.3 Å². The molecule has 0 unspecified atom stereocenters. The first-order valence-electron chi connectivity index (χ1n) is 10.9. The lowest BCUT2D eigenvalue weighted by atomic mass is 10.1. The van der Waals surface area contributed by atoms with Gasteiger partial charge in [0.15, 0.2) is 5.82 Å². The first-order chi connectivity index (χ1) is 17.0. The highest BCUT2D eigenvalue weighted by atomic mass is 16.6. The minimum atomic E-state index is -0.578. The summed E-state index contributed by atoms with van der Waals surface area (Å²) in [5.41, 5.74) is 6.12. The maximum Gasteiger partial charge on any atom is 0.411 e. The maximum absolute atomic E-state index is 11.9. The van der Waals surface area contributed by atoms with Crippen LogP contribution in [0.3, 0.4) is 0 Å². The lowest BCUT2D eigenvalue weighted by molar-refractivity contribution is -0.115. The summed E-state index contributed by atoms with van der Waals surface area (Å²) in [6.07, 6.45) is 1.42. The molecule has 0 atom stereocenters. The zero-order valence-corrected chi connectivity index (χ0v) is 19.3. The van der Waals surface area contributed by atoms with Crippen molar-refractivity contribution in [2.24, 2.45) is 5.10 Å². The van der Waals surface area contributed by atoms with Crippen LogP contribution in [0.4, 0.5) is 27.8 Å². The van der Waals surface area contributed by atoms with Gasteiger partial charge in [-0.15, -0.1) is 0 Å². The Hall–Kier alpha value is -4.67. The van der Waals surface area contributed by atoms with Gasteiger partial charge < -0.3 is 19.7 Å². The third kappa shape index (κ3) is 6.67.